The Morgan fingerprint density at radius 3 is 2.43 bits per heavy atom. The highest BCUT2D eigenvalue weighted by Gasteiger charge is 2.72. The summed E-state index contributed by atoms with van der Waals surface area (Å²) in [6, 6.07) is 5.77. The molecule has 21 heavy (non-hydrogen) atoms. The number of rotatable bonds is 6. The van der Waals surface area contributed by atoms with E-state index in [0.717, 1.165) is 0 Å². The normalized spacial score (nSPS) is 28.3. The Morgan fingerprint density at radius 2 is 2.00 bits per heavy atom. The van der Waals surface area contributed by atoms with Gasteiger partial charge in [0.15, 0.2) is 9.84 Å². The molecule has 1 fully saturated rings. The molecule has 4 nitrogen and oxygen atoms in total. The van der Waals surface area contributed by atoms with Crippen LogP contribution in [-0.4, -0.2) is 38.1 Å². The average Bonchev–Trinajstić information content (AvgIpc) is 3.11. The fourth-order valence-electron chi connectivity index (χ4n) is 3.03. The van der Waals surface area contributed by atoms with Crippen molar-refractivity contribution in [1.29, 1.82) is 0 Å². The Hall–Kier alpha value is -1.05. The summed E-state index contributed by atoms with van der Waals surface area (Å²) in [7, 11) is -1.87. The predicted octanol–water partition coefficient (Wildman–Crippen LogP) is 1.65. The van der Waals surface area contributed by atoms with Gasteiger partial charge in [-0.3, -0.25) is 0 Å². The maximum Gasteiger partial charge on any atom is 0.154 e. The summed E-state index contributed by atoms with van der Waals surface area (Å²) in [5, 5.41) is -0.710. The van der Waals surface area contributed by atoms with Gasteiger partial charge in [-0.15, -0.1) is 0 Å². The minimum absolute atomic E-state index is 0.00341. The van der Waals surface area contributed by atoms with Gasteiger partial charge in [0.2, 0.25) is 0 Å². The molecule has 1 saturated carbocycles. The molecule has 0 bridgehead atoms. The van der Waals surface area contributed by atoms with Crippen LogP contribution in [0.1, 0.15) is 18.4 Å². The monoisotopic (exact) mass is 331 g/mol. The van der Waals surface area contributed by atoms with Crippen LogP contribution >= 0.6 is 12.2 Å². The zero-order chi connectivity index (χ0) is 15.8. The summed E-state index contributed by atoms with van der Waals surface area (Å²) < 4.78 is 43.0. The SMILES string of the molecule is CCS(=O)(=O)[C@@H]1[C@@H](c2ccc(F)cc2)[C@]1(COC)C(N)=S. The lowest BCUT2D eigenvalue weighted by Crippen LogP contribution is -2.33. The molecule has 7 heteroatoms. The summed E-state index contributed by atoms with van der Waals surface area (Å²) in [5.41, 5.74) is 5.64. The van der Waals surface area contributed by atoms with E-state index >= 15 is 0 Å². The van der Waals surface area contributed by atoms with Gasteiger partial charge in [0.1, 0.15) is 5.82 Å². The van der Waals surface area contributed by atoms with Crippen molar-refractivity contribution in [1.82, 2.24) is 0 Å². The zero-order valence-electron chi connectivity index (χ0n) is 11.9. The van der Waals surface area contributed by atoms with E-state index in [4.69, 9.17) is 22.7 Å². The van der Waals surface area contributed by atoms with E-state index in [-0.39, 0.29) is 29.1 Å². The average molecular weight is 331 g/mol. The first-order valence-electron chi connectivity index (χ1n) is 6.57. The highest BCUT2D eigenvalue weighted by atomic mass is 32.2. The van der Waals surface area contributed by atoms with Crippen LogP contribution in [0.4, 0.5) is 4.39 Å². The highest BCUT2D eigenvalue weighted by molar-refractivity contribution is 7.92. The molecule has 0 amide bonds. The highest BCUT2D eigenvalue weighted by Crippen LogP contribution is 2.63. The third-order valence-corrected chi connectivity index (χ3v) is 6.77. The quantitative estimate of drug-likeness (QED) is 0.803. The van der Waals surface area contributed by atoms with Crippen LogP contribution in [0.3, 0.4) is 0 Å². The fraction of sp³-hybridized carbons (Fsp3) is 0.500. The van der Waals surface area contributed by atoms with E-state index in [1.54, 1.807) is 19.1 Å². The number of hydrogen-bond donors (Lipinski definition) is 1. The molecule has 0 spiro atoms. The maximum absolute atomic E-state index is 13.1. The van der Waals surface area contributed by atoms with E-state index in [1.165, 1.54) is 19.2 Å². The summed E-state index contributed by atoms with van der Waals surface area (Å²) in [6.07, 6.45) is 0. The van der Waals surface area contributed by atoms with Crippen molar-refractivity contribution in [2.24, 2.45) is 11.1 Å². The van der Waals surface area contributed by atoms with Crippen molar-refractivity contribution in [2.45, 2.75) is 18.1 Å². The Kier molecular flexibility index (Phi) is 4.37. The molecule has 0 unspecified atom stereocenters. The van der Waals surface area contributed by atoms with E-state index in [0.29, 0.717) is 5.56 Å². The molecule has 1 aliphatic carbocycles. The van der Waals surface area contributed by atoms with Crippen LogP contribution in [0.15, 0.2) is 24.3 Å². The van der Waals surface area contributed by atoms with Gasteiger partial charge >= 0.3 is 0 Å². The minimum Gasteiger partial charge on any atom is -0.393 e. The molecule has 3 atom stereocenters. The molecule has 2 N–H and O–H groups in total. The summed E-state index contributed by atoms with van der Waals surface area (Å²) in [5.74, 6) is -0.758. The minimum atomic E-state index is -3.35. The molecule has 1 aromatic carbocycles. The van der Waals surface area contributed by atoms with Crippen molar-refractivity contribution in [3.8, 4) is 0 Å². The first-order chi connectivity index (χ1) is 9.81. The largest absolute Gasteiger partial charge is 0.393 e. The van der Waals surface area contributed by atoms with E-state index < -0.39 is 20.5 Å². The van der Waals surface area contributed by atoms with E-state index in [1.807, 2.05) is 0 Å². The molecular formula is C14H18FNO3S2. The van der Waals surface area contributed by atoms with Crippen molar-refractivity contribution in [3.05, 3.63) is 35.6 Å². The molecule has 116 valence electrons. The molecular weight excluding hydrogens is 313 g/mol. The summed E-state index contributed by atoms with van der Waals surface area (Å²) in [6.45, 7) is 1.72. The number of thiocarbonyl (C=S) groups is 1. The lowest BCUT2D eigenvalue weighted by atomic mass is 10.00. The zero-order valence-corrected chi connectivity index (χ0v) is 13.5. The van der Waals surface area contributed by atoms with Crippen LogP contribution in [0.2, 0.25) is 0 Å². The van der Waals surface area contributed by atoms with Gasteiger partial charge in [0.25, 0.3) is 0 Å². The fourth-order valence-corrected chi connectivity index (χ4v) is 5.49. The van der Waals surface area contributed by atoms with E-state index in [9.17, 15) is 12.8 Å². The predicted molar refractivity (Wildman–Crippen MR) is 83.5 cm³/mol. The van der Waals surface area contributed by atoms with Gasteiger partial charge < -0.3 is 10.5 Å². The molecule has 0 aliphatic heterocycles. The number of benzene rings is 1. The number of sulfone groups is 1. The third-order valence-electron chi connectivity index (χ3n) is 4.12. The Balaban J connectivity index is 2.51. The Labute approximate surface area is 129 Å². The Bertz CT molecular complexity index is 645. The second-order valence-electron chi connectivity index (χ2n) is 5.24. The van der Waals surface area contributed by atoms with Gasteiger partial charge in [0, 0.05) is 18.8 Å². The van der Waals surface area contributed by atoms with Crippen LogP contribution in [0.5, 0.6) is 0 Å². The van der Waals surface area contributed by atoms with Crippen molar-refractivity contribution >= 4 is 27.0 Å². The standard InChI is InChI=1S/C14H18FNO3S2/c1-3-21(17,18)12-11(9-4-6-10(15)7-5-9)14(12,8-19-2)13(16)20/h4-7,11-12H,3,8H2,1-2H3,(H2,16,20)/t11-,12-,14+/m1/s1. The van der Waals surface area contributed by atoms with Crippen molar-refractivity contribution in [2.75, 3.05) is 19.5 Å². The smallest absolute Gasteiger partial charge is 0.154 e. The van der Waals surface area contributed by atoms with Crippen LogP contribution in [0.25, 0.3) is 0 Å². The molecule has 2 rings (SSSR count). The lowest BCUT2D eigenvalue weighted by molar-refractivity contribution is 0.166. The first kappa shape index (κ1) is 16.3. The maximum atomic E-state index is 13.1. The second kappa shape index (κ2) is 5.62. The van der Waals surface area contributed by atoms with Crippen LogP contribution < -0.4 is 5.73 Å². The van der Waals surface area contributed by atoms with Gasteiger partial charge in [-0.2, -0.15) is 0 Å². The molecule has 1 aromatic rings. The second-order valence-corrected chi connectivity index (χ2v) is 8.09. The van der Waals surface area contributed by atoms with Crippen molar-refractivity contribution < 1.29 is 17.5 Å². The number of nitrogens with two attached hydrogens (primary N) is 1. The summed E-state index contributed by atoms with van der Waals surface area (Å²) in [4.78, 5) is 0.126. The van der Waals surface area contributed by atoms with Gasteiger partial charge in [-0.1, -0.05) is 31.3 Å². The van der Waals surface area contributed by atoms with Crippen LogP contribution in [0, 0.1) is 11.2 Å². The van der Waals surface area contributed by atoms with Crippen molar-refractivity contribution in [3.63, 3.8) is 0 Å². The number of ether oxygens (including phenoxy) is 1. The Morgan fingerprint density at radius 1 is 1.43 bits per heavy atom. The molecule has 0 heterocycles. The number of hydrogen-bond acceptors (Lipinski definition) is 4. The molecule has 1 aliphatic rings. The first-order valence-corrected chi connectivity index (χ1v) is 8.69. The van der Waals surface area contributed by atoms with E-state index in [2.05, 4.69) is 0 Å². The molecule has 0 saturated heterocycles. The lowest BCUT2D eigenvalue weighted by Gasteiger charge is -2.15. The molecule has 0 aromatic heterocycles. The third kappa shape index (κ3) is 2.58. The van der Waals surface area contributed by atoms with Gasteiger partial charge in [-0.25, -0.2) is 12.8 Å². The molecule has 0 radical (unpaired) electrons. The summed E-state index contributed by atoms with van der Waals surface area (Å²) >= 11 is 5.12. The number of halogens is 1. The van der Waals surface area contributed by atoms with Gasteiger partial charge in [-0.05, 0) is 17.7 Å². The van der Waals surface area contributed by atoms with Gasteiger partial charge in [0.05, 0.1) is 22.3 Å². The van der Waals surface area contributed by atoms with Crippen LogP contribution in [-0.2, 0) is 14.6 Å². The number of methoxy groups -OCH3 is 1. The topological polar surface area (TPSA) is 69.4 Å².